The quantitative estimate of drug-likeness (QED) is 0.563. The number of aryl methyl sites for hydroxylation is 1. The molecule has 0 spiro atoms. The highest BCUT2D eigenvalue weighted by atomic mass is 16.5. The Morgan fingerprint density at radius 1 is 1.11 bits per heavy atom. The molecule has 94 valence electrons. The lowest BCUT2D eigenvalue weighted by Crippen LogP contribution is -2.10. The second-order valence-electron chi connectivity index (χ2n) is 4.31. The Morgan fingerprint density at radius 3 is 2.58 bits per heavy atom. The van der Waals surface area contributed by atoms with Crippen LogP contribution in [0.4, 0.5) is 0 Å². The SMILES string of the molecule is Cc1ccc(OC(=O)c2nc3ccccc3[nH]2)cc1. The van der Waals surface area contributed by atoms with Crippen LogP contribution >= 0.6 is 0 Å². The summed E-state index contributed by atoms with van der Waals surface area (Å²) in [6.45, 7) is 1.98. The molecule has 0 aliphatic carbocycles. The van der Waals surface area contributed by atoms with Gasteiger partial charge in [-0.25, -0.2) is 9.78 Å². The zero-order chi connectivity index (χ0) is 13.2. The number of nitrogens with zero attached hydrogens (tertiary/aromatic N) is 1. The van der Waals surface area contributed by atoms with Crippen LogP contribution in [-0.4, -0.2) is 15.9 Å². The number of H-pyrrole nitrogens is 1. The van der Waals surface area contributed by atoms with E-state index in [0.717, 1.165) is 16.6 Å². The molecule has 0 amide bonds. The first kappa shape index (κ1) is 11.5. The van der Waals surface area contributed by atoms with E-state index in [4.69, 9.17) is 4.74 Å². The lowest BCUT2D eigenvalue weighted by molar-refractivity contribution is 0.0723. The summed E-state index contributed by atoms with van der Waals surface area (Å²) < 4.78 is 5.25. The molecule has 0 atom stereocenters. The predicted molar refractivity (Wildman–Crippen MR) is 72.2 cm³/mol. The van der Waals surface area contributed by atoms with Crippen molar-refractivity contribution in [2.45, 2.75) is 6.92 Å². The number of rotatable bonds is 2. The van der Waals surface area contributed by atoms with Crippen LogP contribution in [0.15, 0.2) is 48.5 Å². The molecule has 1 N–H and O–H groups in total. The van der Waals surface area contributed by atoms with E-state index in [9.17, 15) is 4.79 Å². The van der Waals surface area contributed by atoms with E-state index in [1.807, 2.05) is 43.3 Å². The van der Waals surface area contributed by atoms with Crippen molar-refractivity contribution in [2.75, 3.05) is 0 Å². The van der Waals surface area contributed by atoms with Crippen LogP contribution in [0.3, 0.4) is 0 Å². The standard InChI is InChI=1S/C15H12N2O2/c1-10-6-8-11(9-7-10)19-15(18)14-16-12-4-2-3-5-13(12)17-14/h2-9H,1H3,(H,16,17). The largest absolute Gasteiger partial charge is 0.421 e. The van der Waals surface area contributed by atoms with Crippen LogP contribution in [0, 0.1) is 6.92 Å². The fraction of sp³-hybridized carbons (Fsp3) is 0.0667. The minimum absolute atomic E-state index is 0.210. The second-order valence-corrected chi connectivity index (χ2v) is 4.31. The second kappa shape index (κ2) is 4.57. The lowest BCUT2D eigenvalue weighted by atomic mass is 10.2. The van der Waals surface area contributed by atoms with Crippen molar-refractivity contribution in [3.8, 4) is 5.75 Å². The Balaban J connectivity index is 1.85. The van der Waals surface area contributed by atoms with Crippen LogP contribution in [-0.2, 0) is 0 Å². The Morgan fingerprint density at radius 2 is 1.84 bits per heavy atom. The molecule has 0 aliphatic rings. The number of aromatic nitrogens is 2. The van der Waals surface area contributed by atoms with Crippen LogP contribution in [0.25, 0.3) is 11.0 Å². The van der Waals surface area contributed by atoms with Crippen LogP contribution < -0.4 is 4.74 Å². The van der Waals surface area contributed by atoms with Crippen LogP contribution in [0.5, 0.6) is 5.75 Å². The van der Waals surface area contributed by atoms with E-state index >= 15 is 0 Å². The molecule has 2 aromatic carbocycles. The maximum Gasteiger partial charge on any atom is 0.379 e. The van der Waals surface area contributed by atoms with E-state index in [1.165, 1.54) is 0 Å². The van der Waals surface area contributed by atoms with Crippen molar-refractivity contribution >= 4 is 17.0 Å². The smallest absolute Gasteiger partial charge is 0.379 e. The highest BCUT2D eigenvalue weighted by Gasteiger charge is 2.13. The third-order valence-corrected chi connectivity index (χ3v) is 2.81. The monoisotopic (exact) mass is 252 g/mol. The zero-order valence-electron chi connectivity index (χ0n) is 10.4. The average molecular weight is 252 g/mol. The summed E-state index contributed by atoms with van der Waals surface area (Å²) in [4.78, 5) is 19.1. The third kappa shape index (κ3) is 2.33. The fourth-order valence-electron chi connectivity index (χ4n) is 1.81. The van der Waals surface area contributed by atoms with Gasteiger partial charge < -0.3 is 9.72 Å². The number of esters is 1. The Hall–Kier alpha value is -2.62. The summed E-state index contributed by atoms with van der Waals surface area (Å²) in [5.41, 5.74) is 2.68. The van der Waals surface area contributed by atoms with E-state index in [0.29, 0.717) is 5.75 Å². The molecule has 0 unspecified atom stereocenters. The van der Waals surface area contributed by atoms with Crippen LogP contribution in [0.1, 0.15) is 16.2 Å². The molecular weight excluding hydrogens is 240 g/mol. The molecule has 4 heteroatoms. The molecule has 3 aromatic rings. The van der Waals surface area contributed by atoms with Gasteiger partial charge in [0.05, 0.1) is 11.0 Å². The Bertz CT molecular complexity index is 696. The number of imidazole rings is 1. The van der Waals surface area contributed by atoms with Gasteiger partial charge in [0.1, 0.15) is 5.75 Å². The maximum atomic E-state index is 12.0. The molecule has 0 bridgehead atoms. The van der Waals surface area contributed by atoms with Gasteiger partial charge in [-0.1, -0.05) is 29.8 Å². The number of carbonyl (C=O) groups is 1. The molecule has 3 rings (SSSR count). The van der Waals surface area contributed by atoms with Gasteiger partial charge in [0.15, 0.2) is 0 Å². The van der Waals surface area contributed by atoms with Crippen LogP contribution in [0.2, 0.25) is 0 Å². The van der Waals surface area contributed by atoms with Gasteiger partial charge in [0.2, 0.25) is 5.82 Å². The Kier molecular flexibility index (Phi) is 2.76. The fourth-order valence-corrected chi connectivity index (χ4v) is 1.81. The predicted octanol–water partition coefficient (Wildman–Crippen LogP) is 3.09. The van der Waals surface area contributed by atoms with Gasteiger partial charge in [-0.3, -0.25) is 0 Å². The maximum absolute atomic E-state index is 12.0. The van der Waals surface area contributed by atoms with Gasteiger partial charge >= 0.3 is 5.97 Å². The molecule has 4 nitrogen and oxygen atoms in total. The number of fused-ring (bicyclic) bond motifs is 1. The first-order chi connectivity index (χ1) is 9.22. The van der Waals surface area contributed by atoms with E-state index < -0.39 is 5.97 Å². The molecule has 0 saturated heterocycles. The molecule has 1 heterocycles. The summed E-state index contributed by atoms with van der Waals surface area (Å²) in [5, 5.41) is 0. The minimum atomic E-state index is -0.486. The van der Waals surface area contributed by atoms with Crippen molar-refractivity contribution < 1.29 is 9.53 Å². The number of ether oxygens (including phenoxy) is 1. The van der Waals surface area contributed by atoms with E-state index in [1.54, 1.807) is 12.1 Å². The van der Waals surface area contributed by atoms with Crippen molar-refractivity contribution in [1.29, 1.82) is 0 Å². The minimum Gasteiger partial charge on any atom is -0.421 e. The van der Waals surface area contributed by atoms with Crippen molar-refractivity contribution in [3.63, 3.8) is 0 Å². The third-order valence-electron chi connectivity index (χ3n) is 2.81. The molecule has 19 heavy (non-hydrogen) atoms. The number of hydrogen-bond acceptors (Lipinski definition) is 3. The molecule has 0 radical (unpaired) electrons. The number of aromatic amines is 1. The molecule has 1 aromatic heterocycles. The van der Waals surface area contributed by atoms with E-state index in [2.05, 4.69) is 9.97 Å². The molecule has 0 aliphatic heterocycles. The topological polar surface area (TPSA) is 55.0 Å². The zero-order valence-corrected chi connectivity index (χ0v) is 10.4. The lowest BCUT2D eigenvalue weighted by Gasteiger charge is -2.01. The van der Waals surface area contributed by atoms with Gasteiger partial charge in [0.25, 0.3) is 0 Å². The van der Waals surface area contributed by atoms with E-state index in [-0.39, 0.29) is 5.82 Å². The first-order valence-corrected chi connectivity index (χ1v) is 5.96. The number of nitrogens with one attached hydrogen (secondary N) is 1. The number of para-hydroxylation sites is 2. The normalized spacial score (nSPS) is 10.6. The number of carbonyl (C=O) groups excluding carboxylic acids is 1. The summed E-state index contributed by atoms with van der Waals surface area (Å²) >= 11 is 0. The average Bonchev–Trinajstić information content (AvgIpc) is 2.85. The number of hydrogen-bond donors (Lipinski definition) is 1. The van der Waals surface area contributed by atoms with Gasteiger partial charge in [-0.15, -0.1) is 0 Å². The summed E-state index contributed by atoms with van der Waals surface area (Å²) in [6, 6.07) is 14.8. The molecular formula is C15H12N2O2. The number of benzene rings is 2. The highest BCUT2D eigenvalue weighted by Crippen LogP contribution is 2.15. The summed E-state index contributed by atoms with van der Waals surface area (Å²) in [7, 11) is 0. The van der Waals surface area contributed by atoms with Gasteiger partial charge in [0, 0.05) is 0 Å². The summed E-state index contributed by atoms with van der Waals surface area (Å²) in [6.07, 6.45) is 0. The van der Waals surface area contributed by atoms with Gasteiger partial charge in [-0.2, -0.15) is 0 Å². The van der Waals surface area contributed by atoms with Crippen molar-refractivity contribution in [1.82, 2.24) is 9.97 Å². The first-order valence-electron chi connectivity index (χ1n) is 5.96. The summed E-state index contributed by atoms with van der Waals surface area (Å²) in [5.74, 6) is 0.234. The van der Waals surface area contributed by atoms with Crippen molar-refractivity contribution in [2.24, 2.45) is 0 Å². The van der Waals surface area contributed by atoms with Gasteiger partial charge in [-0.05, 0) is 31.2 Å². The molecule has 0 fully saturated rings. The molecule has 0 saturated carbocycles. The van der Waals surface area contributed by atoms with Crippen molar-refractivity contribution in [3.05, 3.63) is 59.9 Å². The highest BCUT2D eigenvalue weighted by molar-refractivity contribution is 5.91. The Labute approximate surface area is 110 Å².